The van der Waals surface area contributed by atoms with Crippen LogP contribution in [-0.2, 0) is 13.0 Å². The molecule has 0 spiro atoms. The highest BCUT2D eigenvalue weighted by molar-refractivity contribution is 5.55. The molecule has 0 unspecified atom stereocenters. The van der Waals surface area contributed by atoms with Crippen molar-refractivity contribution in [3.63, 3.8) is 0 Å². The highest BCUT2D eigenvalue weighted by atomic mass is 16.4. The fourth-order valence-corrected chi connectivity index (χ4v) is 1.33. The van der Waals surface area contributed by atoms with Crippen molar-refractivity contribution in [1.82, 2.24) is 4.98 Å². The quantitative estimate of drug-likeness (QED) is 0.807. The Morgan fingerprint density at radius 2 is 2.29 bits per heavy atom. The SMILES string of the molecule is CCc1occc1-c1nc(CN)co1. The second kappa shape index (κ2) is 3.67. The maximum absolute atomic E-state index is 5.44. The summed E-state index contributed by atoms with van der Waals surface area (Å²) < 4.78 is 10.6. The molecule has 0 amide bonds. The molecule has 0 saturated heterocycles. The molecule has 0 atom stereocenters. The van der Waals surface area contributed by atoms with Crippen molar-refractivity contribution >= 4 is 0 Å². The number of aromatic nitrogens is 1. The number of rotatable bonds is 3. The van der Waals surface area contributed by atoms with E-state index in [2.05, 4.69) is 4.98 Å². The topological polar surface area (TPSA) is 65.2 Å². The molecule has 0 saturated carbocycles. The van der Waals surface area contributed by atoms with Crippen molar-refractivity contribution in [2.75, 3.05) is 0 Å². The molecule has 0 fully saturated rings. The molecule has 4 heteroatoms. The van der Waals surface area contributed by atoms with Crippen molar-refractivity contribution in [2.45, 2.75) is 19.9 Å². The van der Waals surface area contributed by atoms with E-state index in [1.807, 2.05) is 13.0 Å². The van der Waals surface area contributed by atoms with Crippen LogP contribution in [0.1, 0.15) is 18.4 Å². The Balaban J connectivity index is 2.38. The van der Waals surface area contributed by atoms with Crippen molar-refractivity contribution in [3.05, 3.63) is 30.0 Å². The van der Waals surface area contributed by atoms with E-state index in [9.17, 15) is 0 Å². The van der Waals surface area contributed by atoms with Crippen molar-refractivity contribution in [2.24, 2.45) is 5.73 Å². The first kappa shape index (κ1) is 9.02. The molecular weight excluding hydrogens is 180 g/mol. The molecule has 2 heterocycles. The van der Waals surface area contributed by atoms with Crippen molar-refractivity contribution < 1.29 is 8.83 Å². The molecule has 2 rings (SSSR count). The Kier molecular flexibility index (Phi) is 2.37. The predicted molar refractivity (Wildman–Crippen MR) is 51.5 cm³/mol. The summed E-state index contributed by atoms with van der Waals surface area (Å²) in [6, 6.07) is 1.85. The van der Waals surface area contributed by atoms with Gasteiger partial charge in [-0.25, -0.2) is 4.98 Å². The van der Waals surface area contributed by atoms with Crippen LogP contribution < -0.4 is 5.73 Å². The van der Waals surface area contributed by atoms with Crippen LogP contribution in [0, 0.1) is 0 Å². The molecule has 0 aromatic carbocycles. The van der Waals surface area contributed by atoms with Crippen LogP contribution in [0.2, 0.25) is 0 Å². The van der Waals surface area contributed by atoms with E-state index in [-0.39, 0.29) is 0 Å². The summed E-state index contributed by atoms with van der Waals surface area (Å²) >= 11 is 0. The number of nitrogens with zero attached hydrogens (tertiary/aromatic N) is 1. The van der Waals surface area contributed by atoms with E-state index < -0.39 is 0 Å². The van der Waals surface area contributed by atoms with E-state index in [1.165, 1.54) is 0 Å². The van der Waals surface area contributed by atoms with E-state index in [0.29, 0.717) is 12.4 Å². The Hall–Kier alpha value is -1.55. The van der Waals surface area contributed by atoms with E-state index in [0.717, 1.165) is 23.4 Å². The lowest BCUT2D eigenvalue weighted by atomic mass is 10.2. The molecule has 0 bridgehead atoms. The zero-order chi connectivity index (χ0) is 9.97. The fourth-order valence-electron chi connectivity index (χ4n) is 1.33. The van der Waals surface area contributed by atoms with Gasteiger partial charge in [-0.2, -0.15) is 0 Å². The average Bonchev–Trinajstić information content (AvgIpc) is 2.85. The molecule has 0 aliphatic rings. The van der Waals surface area contributed by atoms with Crippen molar-refractivity contribution in [3.8, 4) is 11.5 Å². The zero-order valence-corrected chi connectivity index (χ0v) is 7.99. The highest BCUT2D eigenvalue weighted by Crippen LogP contribution is 2.24. The van der Waals surface area contributed by atoms with Crippen LogP contribution in [-0.4, -0.2) is 4.98 Å². The summed E-state index contributed by atoms with van der Waals surface area (Å²) in [6.07, 6.45) is 4.03. The first-order chi connectivity index (χ1) is 6.85. The summed E-state index contributed by atoms with van der Waals surface area (Å²) in [5.41, 5.74) is 7.10. The maximum Gasteiger partial charge on any atom is 0.229 e. The van der Waals surface area contributed by atoms with Gasteiger partial charge in [-0.3, -0.25) is 0 Å². The molecule has 2 N–H and O–H groups in total. The summed E-state index contributed by atoms with van der Waals surface area (Å²) in [5, 5.41) is 0. The minimum atomic E-state index is 0.392. The third-order valence-electron chi connectivity index (χ3n) is 2.06. The average molecular weight is 192 g/mol. The summed E-state index contributed by atoms with van der Waals surface area (Å²) in [6.45, 7) is 2.41. The van der Waals surface area contributed by atoms with Gasteiger partial charge < -0.3 is 14.6 Å². The Morgan fingerprint density at radius 3 is 2.93 bits per heavy atom. The lowest BCUT2D eigenvalue weighted by Gasteiger charge is -1.92. The summed E-state index contributed by atoms with van der Waals surface area (Å²) in [5.74, 6) is 1.46. The van der Waals surface area contributed by atoms with Crippen LogP contribution in [0.3, 0.4) is 0 Å². The number of hydrogen-bond acceptors (Lipinski definition) is 4. The highest BCUT2D eigenvalue weighted by Gasteiger charge is 2.12. The molecule has 2 aromatic rings. The second-order valence-corrected chi connectivity index (χ2v) is 2.96. The molecule has 2 aromatic heterocycles. The second-order valence-electron chi connectivity index (χ2n) is 2.96. The first-order valence-corrected chi connectivity index (χ1v) is 4.56. The largest absolute Gasteiger partial charge is 0.469 e. The summed E-state index contributed by atoms with van der Waals surface area (Å²) in [7, 11) is 0. The monoisotopic (exact) mass is 192 g/mol. The van der Waals surface area contributed by atoms with Gasteiger partial charge in [0.2, 0.25) is 5.89 Å². The van der Waals surface area contributed by atoms with Crippen LogP contribution in [0.15, 0.2) is 27.4 Å². The predicted octanol–water partition coefficient (Wildman–Crippen LogP) is 1.96. The van der Waals surface area contributed by atoms with Crippen molar-refractivity contribution in [1.29, 1.82) is 0 Å². The number of oxazole rings is 1. The summed E-state index contributed by atoms with van der Waals surface area (Å²) in [4.78, 5) is 4.23. The van der Waals surface area contributed by atoms with Crippen LogP contribution in [0.5, 0.6) is 0 Å². The Morgan fingerprint density at radius 1 is 1.43 bits per heavy atom. The molecule has 74 valence electrons. The molecule has 4 nitrogen and oxygen atoms in total. The standard InChI is InChI=1S/C10H12N2O2/c1-2-9-8(3-4-13-9)10-12-7(5-11)6-14-10/h3-4,6H,2,5,11H2,1H3. The number of aryl methyl sites for hydroxylation is 1. The van der Waals surface area contributed by atoms with E-state index in [1.54, 1.807) is 12.5 Å². The van der Waals surface area contributed by atoms with Gasteiger partial charge in [0, 0.05) is 13.0 Å². The van der Waals surface area contributed by atoms with Gasteiger partial charge in [0.15, 0.2) is 0 Å². The molecule has 0 radical (unpaired) electrons. The number of hydrogen-bond donors (Lipinski definition) is 1. The third-order valence-corrected chi connectivity index (χ3v) is 2.06. The molecule has 0 aliphatic carbocycles. The minimum absolute atomic E-state index is 0.392. The van der Waals surface area contributed by atoms with Gasteiger partial charge in [0.05, 0.1) is 17.5 Å². The van der Waals surface area contributed by atoms with Crippen LogP contribution in [0.25, 0.3) is 11.5 Å². The first-order valence-electron chi connectivity index (χ1n) is 4.56. The Bertz CT molecular complexity index is 417. The zero-order valence-electron chi connectivity index (χ0n) is 7.99. The van der Waals surface area contributed by atoms with Gasteiger partial charge in [-0.1, -0.05) is 6.92 Å². The fraction of sp³-hybridized carbons (Fsp3) is 0.300. The van der Waals surface area contributed by atoms with Gasteiger partial charge in [-0.15, -0.1) is 0 Å². The van der Waals surface area contributed by atoms with E-state index in [4.69, 9.17) is 14.6 Å². The lowest BCUT2D eigenvalue weighted by Crippen LogP contribution is -1.95. The van der Waals surface area contributed by atoms with Gasteiger partial charge in [0.25, 0.3) is 0 Å². The maximum atomic E-state index is 5.44. The smallest absolute Gasteiger partial charge is 0.229 e. The van der Waals surface area contributed by atoms with Gasteiger partial charge >= 0.3 is 0 Å². The third kappa shape index (κ3) is 1.44. The van der Waals surface area contributed by atoms with Crippen LogP contribution >= 0.6 is 0 Å². The number of nitrogens with two attached hydrogens (primary N) is 1. The van der Waals surface area contributed by atoms with E-state index >= 15 is 0 Å². The Labute approximate surface area is 81.7 Å². The lowest BCUT2D eigenvalue weighted by molar-refractivity contribution is 0.512. The minimum Gasteiger partial charge on any atom is -0.469 e. The van der Waals surface area contributed by atoms with Gasteiger partial charge in [0.1, 0.15) is 12.0 Å². The molecule has 0 aliphatic heterocycles. The normalized spacial score (nSPS) is 10.7. The van der Waals surface area contributed by atoms with Gasteiger partial charge in [-0.05, 0) is 6.07 Å². The number of furan rings is 1. The molecular formula is C10H12N2O2. The molecule has 14 heavy (non-hydrogen) atoms. The van der Waals surface area contributed by atoms with Crippen LogP contribution in [0.4, 0.5) is 0 Å².